The molecule has 0 aliphatic rings. The quantitative estimate of drug-likeness (QED) is 0.553. The maximum Gasteiger partial charge on any atom is 0.146 e. The monoisotopic (exact) mass is 465 g/mol. The van der Waals surface area contributed by atoms with E-state index in [4.69, 9.17) is 60.3 Å². The maximum absolute atomic E-state index is 11.0. The number of phenols is 1. The first-order valence-electron chi connectivity index (χ1n) is 8.60. The molecule has 0 fully saturated rings. The first-order valence-corrected chi connectivity index (χ1v) is 10.2. The van der Waals surface area contributed by atoms with Gasteiger partial charge in [0.15, 0.2) is 0 Å². The third-order valence-corrected chi connectivity index (χ3v) is 6.17. The first-order chi connectivity index (χ1) is 13.5. The molecule has 0 aliphatic heterocycles. The Morgan fingerprint density at radius 3 is 1.86 bits per heavy atom. The predicted octanol–water partition coefficient (Wildman–Crippen LogP) is 2.46. The molecule has 1 heterocycles. The van der Waals surface area contributed by atoms with Crippen LogP contribution in [0.5, 0.6) is 5.75 Å². The Balaban J connectivity index is 2.92. The molecule has 2 atom stereocenters. The van der Waals surface area contributed by atoms with E-state index in [1.54, 1.807) is 42.2 Å². The molecule has 29 heavy (non-hydrogen) atoms. The van der Waals surface area contributed by atoms with Gasteiger partial charge in [0, 0.05) is 45.3 Å². The van der Waals surface area contributed by atoms with Crippen molar-refractivity contribution in [1.82, 2.24) is 14.8 Å². The van der Waals surface area contributed by atoms with Crippen LogP contribution in [0.1, 0.15) is 23.0 Å². The molecule has 2 unspecified atom stereocenters. The van der Waals surface area contributed by atoms with Gasteiger partial charge in [-0.25, -0.2) is 0 Å². The highest BCUT2D eigenvalue weighted by atomic mass is 32.1. The number of phenolic OH excluding ortho intramolecular Hbond substituents is 1. The van der Waals surface area contributed by atoms with E-state index in [0.717, 1.165) is 5.56 Å². The summed E-state index contributed by atoms with van der Waals surface area (Å²) in [4.78, 5) is 9.24. The number of benzene rings is 1. The summed E-state index contributed by atoms with van der Waals surface area (Å²) >= 11 is 21.8. The molecule has 0 aliphatic carbocycles. The second kappa shape index (κ2) is 9.21. The molecule has 2 rings (SSSR count). The van der Waals surface area contributed by atoms with Crippen molar-refractivity contribution in [2.45, 2.75) is 11.8 Å². The van der Waals surface area contributed by atoms with Crippen LogP contribution in [-0.4, -0.2) is 68.0 Å². The lowest BCUT2D eigenvalue weighted by Crippen LogP contribution is -2.36. The lowest BCUT2D eigenvalue weighted by molar-refractivity contribution is 0.473. The number of hydrogen-bond donors (Lipinski definition) is 3. The highest BCUT2D eigenvalue weighted by Gasteiger charge is 2.31. The SMILES string of the molecule is CN(C)C(=S)C(C(N)=S)c1cc(C(C(N)=S)C(=S)N(C)C)c2cccnc2c1O. The van der Waals surface area contributed by atoms with Gasteiger partial charge >= 0.3 is 0 Å². The maximum atomic E-state index is 11.0. The number of fused-ring (bicyclic) bond motifs is 1. The van der Waals surface area contributed by atoms with Crippen molar-refractivity contribution in [1.29, 1.82) is 0 Å². The summed E-state index contributed by atoms with van der Waals surface area (Å²) < 4.78 is 0. The van der Waals surface area contributed by atoms with Crippen LogP contribution in [-0.2, 0) is 0 Å². The molecule has 2 aromatic rings. The highest BCUT2D eigenvalue weighted by Crippen LogP contribution is 2.39. The number of aromatic hydroxyl groups is 1. The fourth-order valence-electron chi connectivity index (χ4n) is 3.07. The van der Waals surface area contributed by atoms with Crippen molar-refractivity contribution in [3.63, 3.8) is 0 Å². The van der Waals surface area contributed by atoms with Crippen LogP contribution in [0.2, 0.25) is 0 Å². The second-order valence-electron chi connectivity index (χ2n) is 6.94. The zero-order valence-corrected chi connectivity index (χ0v) is 19.8. The molecule has 0 spiro atoms. The van der Waals surface area contributed by atoms with Crippen LogP contribution in [0.3, 0.4) is 0 Å². The fourth-order valence-corrected chi connectivity index (χ4v) is 4.20. The Kier molecular flexibility index (Phi) is 7.39. The molecule has 154 valence electrons. The largest absolute Gasteiger partial charge is 0.505 e. The molecule has 0 saturated heterocycles. The van der Waals surface area contributed by atoms with Crippen molar-refractivity contribution < 1.29 is 5.11 Å². The normalized spacial score (nSPS) is 12.8. The van der Waals surface area contributed by atoms with Gasteiger partial charge in [-0.05, 0) is 17.7 Å². The molecule has 0 amide bonds. The van der Waals surface area contributed by atoms with E-state index in [2.05, 4.69) is 4.98 Å². The number of hydrogen-bond acceptors (Lipinski definition) is 6. The number of thiocarbonyl (C=S) groups is 4. The average Bonchev–Trinajstić information content (AvgIpc) is 2.64. The summed E-state index contributed by atoms with van der Waals surface area (Å²) in [6, 6.07) is 5.39. The average molecular weight is 466 g/mol. The van der Waals surface area contributed by atoms with Gasteiger partial charge in [0.05, 0.1) is 31.8 Å². The summed E-state index contributed by atoms with van der Waals surface area (Å²) in [7, 11) is 7.25. The Bertz CT molecular complexity index is 1010. The lowest BCUT2D eigenvalue weighted by atomic mass is 9.87. The highest BCUT2D eigenvalue weighted by molar-refractivity contribution is 7.82. The number of nitrogens with two attached hydrogens (primary N) is 2. The minimum Gasteiger partial charge on any atom is -0.505 e. The zero-order valence-electron chi connectivity index (χ0n) is 16.5. The summed E-state index contributed by atoms with van der Waals surface area (Å²) in [5, 5.41) is 11.7. The lowest BCUT2D eigenvalue weighted by Gasteiger charge is -2.28. The van der Waals surface area contributed by atoms with E-state index < -0.39 is 11.8 Å². The number of aromatic nitrogens is 1. The van der Waals surface area contributed by atoms with Crippen molar-refractivity contribution in [2.75, 3.05) is 28.2 Å². The number of rotatable bonds is 6. The molecule has 1 aromatic carbocycles. The van der Waals surface area contributed by atoms with Crippen LogP contribution in [0, 0.1) is 0 Å². The zero-order chi connectivity index (χ0) is 22.0. The summed E-state index contributed by atoms with van der Waals surface area (Å²) in [6.45, 7) is 0. The molecule has 0 radical (unpaired) electrons. The molecule has 0 bridgehead atoms. The van der Waals surface area contributed by atoms with E-state index in [1.807, 2.05) is 20.2 Å². The number of nitrogens with zero attached hydrogens (tertiary/aromatic N) is 3. The molecule has 6 nitrogen and oxygen atoms in total. The van der Waals surface area contributed by atoms with Gasteiger partial charge in [0.1, 0.15) is 11.3 Å². The Hall–Kier alpha value is -2.01. The topological polar surface area (TPSA) is 91.6 Å². The second-order valence-corrected chi connectivity index (χ2v) is 8.72. The molecular formula is C19H23N5OS4. The van der Waals surface area contributed by atoms with E-state index in [1.165, 1.54) is 0 Å². The van der Waals surface area contributed by atoms with Crippen molar-refractivity contribution >= 4 is 79.7 Å². The Morgan fingerprint density at radius 1 is 0.931 bits per heavy atom. The smallest absolute Gasteiger partial charge is 0.146 e. The summed E-state index contributed by atoms with van der Waals surface area (Å²) in [5.41, 5.74) is 13.6. The number of likely N-dealkylation sites (N-methyl/N-ethyl adjacent to an activating group) is 2. The van der Waals surface area contributed by atoms with E-state index in [0.29, 0.717) is 26.4 Å². The van der Waals surface area contributed by atoms with E-state index >= 15 is 0 Å². The third-order valence-electron chi connectivity index (χ3n) is 4.49. The standard InChI is InChI=1S/C19H23N5OS4/c1-23(2)18(28)12(16(20)26)10-8-11(13(17(21)27)19(29)24(3)4)15(25)14-9(10)6-5-7-22-14/h5-8,12-13,25H,1-4H3,(H2,20,26)(H2,21,27). The van der Waals surface area contributed by atoms with Gasteiger partial charge in [-0.1, -0.05) is 54.9 Å². The summed E-state index contributed by atoms with van der Waals surface area (Å²) in [6.07, 6.45) is 1.59. The van der Waals surface area contributed by atoms with Gasteiger partial charge in [-0.2, -0.15) is 0 Å². The van der Waals surface area contributed by atoms with Gasteiger partial charge in [-0.3, -0.25) is 4.98 Å². The molecule has 10 heteroatoms. The third kappa shape index (κ3) is 4.61. The van der Waals surface area contributed by atoms with Gasteiger partial charge in [-0.15, -0.1) is 0 Å². The minimum absolute atomic E-state index is 0.0381. The Morgan fingerprint density at radius 2 is 1.41 bits per heavy atom. The van der Waals surface area contributed by atoms with Crippen molar-refractivity contribution in [3.05, 3.63) is 35.5 Å². The van der Waals surface area contributed by atoms with E-state index in [9.17, 15) is 5.11 Å². The molecule has 0 saturated carbocycles. The van der Waals surface area contributed by atoms with Gasteiger partial charge < -0.3 is 26.4 Å². The Labute approximate surface area is 191 Å². The van der Waals surface area contributed by atoms with Gasteiger partial charge in [0.2, 0.25) is 0 Å². The van der Waals surface area contributed by atoms with Crippen LogP contribution in [0.4, 0.5) is 0 Å². The van der Waals surface area contributed by atoms with Crippen LogP contribution in [0.25, 0.3) is 10.9 Å². The molecular weight excluding hydrogens is 443 g/mol. The predicted molar refractivity (Wildman–Crippen MR) is 135 cm³/mol. The fraction of sp³-hybridized carbons (Fsp3) is 0.316. The van der Waals surface area contributed by atoms with Crippen molar-refractivity contribution in [3.8, 4) is 5.75 Å². The molecule has 5 N–H and O–H groups in total. The van der Waals surface area contributed by atoms with Crippen LogP contribution < -0.4 is 11.5 Å². The van der Waals surface area contributed by atoms with Crippen LogP contribution in [0.15, 0.2) is 24.4 Å². The number of pyridine rings is 1. The van der Waals surface area contributed by atoms with Crippen molar-refractivity contribution in [2.24, 2.45) is 11.5 Å². The summed E-state index contributed by atoms with van der Waals surface area (Å²) in [5.74, 6) is -1.25. The molecule has 1 aromatic heterocycles. The first kappa shape index (κ1) is 23.3. The minimum atomic E-state index is -0.667. The van der Waals surface area contributed by atoms with Gasteiger partial charge in [0.25, 0.3) is 0 Å². The van der Waals surface area contributed by atoms with E-state index in [-0.39, 0.29) is 15.7 Å². The van der Waals surface area contributed by atoms with Crippen LogP contribution >= 0.6 is 48.9 Å².